The van der Waals surface area contributed by atoms with Crippen LogP contribution in [0.5, 0.6) is 5.75 Å². The molecule has 2 rings (SSSR count). The summed E-state index contributed by atoms with van der Waals surface area (Å²) in [6.07, 6.45) is -3.58. The van der Waals surface area contributed by atoms with E-state index in [1.54, 1.807) is 12.1 Å². The SMILES string of the molecule is CC1CC1C(=O)Nc1ccccc1OCC(F)(F)F. The van der Waals surface area contributed by atoms with Gasteiger partial charge in [0.05, 0.1) is 5.69 Å². The van der Waals surface area contributed by atoms with E-state index in [-0.39, 0.29) is 23.3 Å². The average molecular weight is 273 g/mol. The Labute approximate surface area is 108 Å². The van der Waals surface area contributed by atoms with Crippen molar-refractivity contribution in [1.29, 1.82) is 0 Å². The third-order valence-electron chi connectivity index (χ3n) is 2.98. The highest BCUT2D eigenvalue weighted by molar-refractivity contribution is 5.95. The van der Waals surface area contributed by atoms with Crippen molar-refractivity contribution < 1.29 is 22.7 Å². The van der Waals surface area contributed by atoms with Crippen molar-refractivity contribution in [2.75, 3.05) is 11.9 Å². The van der Waals surface area contributed by atoms with Gasteiger partial charge in [-0.05, 0) is 24.5 Å². The summed E-state index contributed by atoms with van der Waals surface area (Å²) in [5, 5.41) is 2.61. The zero-order valence-corrected chi connectivity index (χ0v) is 10.3. The molecule has 1 N–H and O–H groups in total. The summed E-state index contributed by atoms with van der Waals surface area (Å²) in [6.45, 7) is 0.579. The van der Waals surface area contributed by atoms with Gasteiger partial charge >= 0.3 is 6.18 Å². The minimum Gasteiger partial charge on any atom is -0.482 e. The minimum atomic E-state index is -4.40. The van der Waals surface area contributed by atoms with Crippen molar-refractivity contribution in [2.24, 2.45) is 11.8 Å². The molecule has 1 fully saturated rings. The Morgan fingerprint density at radius 2 is 2.05 bits per heavy atom. The molecule has 1 aliphatic rings. The number of alkyl halides is 3. The topological polar surface area (TPSA) is 38.3 Å². The number of amides is 1. The summed E-state index contributed by atoms with van der Waals surface area (Å²) >= 11 is 0. The molecule has 0 aliphatic heterocycles. The van der Waals surface area contributed by atoms with Crippen molar-refractivity contribution in [2.45, 2.75) is 19.5 Å². The smallest absolute Gasteiger partial charge is 0.422 e. The highest BCUT2D eigenvalue weighted by Crippen LogP contribution is 2.39. The van der Waals surface area contributed by atoms with Gasteiger partial charge in [0, 0.05) is 5.92 Å². The van der Waals surface area contributed by atoms with Crippen molar-refractivity contribution in [1.82, 2.24) is 0 Å². The third-order valence-corrected chi connectivity index (χ3v) is 2.98. The quantitative estimate of drug-likeness (QED) is 0.914. The maximum Gasteiger partial charge on any atom is 0.422 e. The Kier molecular flexibility index (Phi) is 3.68. The van der Waals surface area contributed by atoms with E-state index in [0.29, 0.717) is 5.92 Å². The van der Waals surface area contributed by atoms with Gasteiger partial charge < -0.3 is 10.1 Å². The number of halogens is 3. The van der Waals surface area contributed by atoms with E-state index in [2.05, 4.69) is 10.1 Å². The maximum atomic E-state index is 12.1. The zero-order chi connectivity index (χ0) is 14.0. The normalized spacial score (nSPS) is 21.9. The number of hydrogen-bond acceptors (Lipinski definition) is 2. The van der Waals surface area contributed by atoms with Crippen LogP contribution in [0.2, 0.25) is 0 Å². The summed E-state index contributed by atoms with van der Waals surface area (Å²) in [6, 6.07) is 6.11. The second-order valence-electron chi connectivity index (χ2n) is 4.71. The minimum absolute atomic E-state index is 0.0291. The first-order valence-electron chi connectivity index (χ1n) is 5.96. The number of ether oxygens (including phenoxy) is 1. The maximum absolute atomic E-state index is 12.1. The lowest BCUT2D eigenvalue weighted by molar-refractivity contribution is -0.153. The van der Waals surface area contributed by atoms with Gasteiger partial charge in [-0.2, -0.15) is 13.2 Å². The van der Waals surface area contributed by atoms with E-state index in [9.17, 15) is 18.0 Å². The monoisotopic (exact) mass is 273 g/mol. The lowest BCUT2D eigenvalue weighted by Crippen LogP contribution is -2.20. The van der Waals surface area contributed by atoms with E-state index < -0.39 is 12.8 Å². The molecule has 0 saturated heterocycles. The molecule has 2 unspecified atom stereocenters. The van der Waals surface area contributed by atoms with Crippen molar-refractivity contribution in [3.05, 3.63) is 24.3 Å². The van der Waals surface area contributed by atoms with E-state index in [4.69, 9.17) is 0 Å². The predicted octanol–water partition coefficient (Wildman–Crippen LogP) is 3.22. The first-order chi connectivity index (χ1) is 8.87. The van der Waals surface area contributed by atoms with Crippen LogP contribution in [0.15, 0.2) is 24.3 Å². The van der Waals surface area contributed by atoms with Crippen molar-refractivity contribution in [3.63, 3.8) is 0 Å². The molecule has 1 amide bonds. The molecule has 0 aromatic heterocycles. The van der Waals surface area contributed by atoms with Crippen LogP contribution in [0.3, 0.4) is 0 Å². The van der Waals surface area contributed by atoms with Gasteiger partial charge in [-0.25, -0.2) is 0 Å². The summed E-state index contributed by atoms with van der Waals surface area (Å²) < 4.78 is 41.0. The highest BCUT2D eigenvalue weighted by atomic mass is 19.4. The number of benzene rings is 1. The van der Waals surface area contributed by atoms with Gasteiger partial charge in [0.2, 0.25) is 5.91 Å². The molecule has 1 aromatic carbocycles. The predicted molar refractivity (Wildman–Crippen MR) is 63.9 cm³/mol. The fourth-order valence-corrected chi connectivity index (χ4v) is 1.77. The molecule has 0 radical (unpaired) electrons. The van der Waals surface area contributed by atoms with E-state index in [1.165, 1.54) is 12.1 Å². The number of hydrogen-bond donors (Lipinski definition) is 1. The van der Waals surface area contributed by atoms with Crippen molar-refractivity contribution >= 4 is 11.6 Å². The Balaban J connectivity index is 2.01. The largest absolute Gasteiger partial charge is 0.482 e. The second kappa shape index (κ2) is 5.11. The number of para-hydroxylation sites is 2. The van der Waals surface area contributed by atoms with Crippen LogP contribution in [0.25, 0.3) is 0 Å². The molecule has 104 valence electrons. The van der Waals surface area contributed by atoms with Crippen LogP contribution in [0.1, 0.15) is 13.3 Å². The highest BCUT2D eigenvalue weighted by Gasteiger charge is 2.39. The lowest BCUT2D eigenvalue weighted by atomic mass is 10.2. The van der Waals surface area contributed by atoms with Crippen LogP contribution >= 0.6 is 0 Å². The van der Waals surface area contributed by atoms with Gasteiger partial charge in [0.15, 0.2) is 6.61 Å². The number of carbonyl (C=O) groups excluding carboxylic acids is 1. The Morgan fingerprint density at radius 1 is 1.42 bits per heavy atom. The van der Waals surface area contributed by atoms with Crippen LogP contribution in [0, 0.1) is 11.8 Å². The zero-order valence-electron chi connectivity index (χ0n) is 10.3. The van der Waals surface area contributed by atoms with Gasteiger partial charge in [-0.3, -0.25) is 4.79 Å². The molecular formula is C13H14F3NO2. The molecule has 0 heterocycles. The first-order valence-corrected chi connectivity index (χ1v) is 5.96. The number of anilines is 1. The van der Waals surface area contributed by atoms with Gasteiger partial charge in [0.1, 0.15) is 5.75 Å². The number of carbonyl (C=O) groups is 1. The molecule has 1 aromatic rings. The number of rotatable bonds is 4. The Morgan fingerprint density at radius 3 is 2.63 bits per heavy atom. The Hall–Kier alpha value is -1.72. The molecule has 1 aliphatic carbocycles. The van der Waals surface area contributed by atoms with Crippen LogP contribution in [-0.2, 0) is 4.79 Å². The van der Waals surface area contributed by atoms with E-state index in [0.717, 1.165) is 6.42 Å². The Bertz CT molecular complexity index is 473. The van der Waals surface area contributed by atoms with Gasteiger partial charge in [-0.1, -0.05) is 19.1 Å². The van der Waals surface area contributed by atoms with E-state index >= 15 is 0 Å². The first kappa shape index (κ1) is 13.7. The third kappa shape index (κ3) is 3.87. The van der Waals surface area contributed by atoms with Gasteiger partial charge in [0.25, 0.3) is 0 Å². The molecule has 6 heteroatoms. The van der Waals surface area contributed by atoms with Crippen LogP contribution < -0.4 is 10.1 Å². The average Bonchev–Trinajstić information content (AvgIpc) is 3.04. The lowest BCUT2D eigenvalue weighted by Gasteiger charge is -2.13. The molecule has 2 atom stereocenters. The fourth-order valence-electron chi connectivity index (χ4n) is 1.77. The number of nitrogens with one attached hydrogen (secondary N) is 1. The summed E-state index contributed by atoms with van der Waals surface area (Å²) in [5.41, 5.74) is 0.274. The molecule has 19 heavy (non-hydrogen) atoms. The summed E-state index contributed by atoms with van der Waals surface area (Å²) in [5.74, 6) is 0.149. The molecule has 3 nitrogen and oxygen atoms in total. The van der Waals surface area contributed by atoms with Crippen LogP contribution in [0.4, 0.5) is 18.9 Å². The van der Waals surface area contributed by atoms with Crippen LogP contribution in [-0.4, -0.2) is 18.7 Å². The molecule has 0 bridgehead atoms. The molecular weight excluding hydrogens is 259 g/mol. The summed E-state index contributed by atoms with van der Waals surface area (Å²) in [4.78, 5) is 11.7. The van der Waals surface area contributed by atoms with Crippen molar-refractivity contribution in [3.8, 4) is 5.75 Å². The standard InChI is InChI=1S/C13H14F3NO2/c1-8-6-9(8)12(18)17-10-4-2-3-5-11(10)19-7-13(14,15)16/h2-5,8-9H,6-7H2,1H3,(H,17,18). The summed E-state index contributed by atoms with van der Waals surface area (Å²) in [7, 11) is 0. The molecule has 1 saturated carbocycles. The fraction of sp³-hybridized carbons (Fsp3) is 0.462. The molecule has 0 spiro atoms. The van der Waals surface area contributed by atoms with E-state index in [1.807, 2.05) is 6.92 Å². The van der Waals surface area contributed by atoms with Gasteiger partial charge in [-0.15, -0.1) is 0 Å². The second-order valence-corrected chi connectivity index (χ2v) is 4.71.